The molecule has 8 bridgehead atoms. The molecule has 0 amide bonds. The Hall–Kier alpha value is -5.82. The van der Waals surface area contributed by atoms with Crippen LogP contribution in [-0.2, 0) is 50.0 Å². The lowest BCUT2D eigenvalue weighted by Gasteiger charge is -2.36. The van der Waals surface area contributed by atoms with Gasteiger partial charge in [-0.3, -0.25) is 19.4 Å². The van der Waals surface area contributed by atoms with Crippen molar-refractivity contribution < 1.29 is 43.2 Å². The summed E-state index contributed by atoms with van der Waals surface area (Å²) in [5.74, 6) is -3.13. The maximum absolute atomic E-state index is 13.7. The maximum Gasteiger partial charge on any atom is 0.334 e. The number of aromatic nitrogens is 4. The molecule has 55 heavy (non-hydrogen) atoms. The third kappa shape index (κ3) is 6.77. The summed E-state index contributed by atoms with van der Waals surface area (Å²) in [5, 5.41) is 11.1. The predicted octanol–water partition coefficient (Wildman–Crippen LogP) is 6.22. The molecule has 3 aromatic heterocycles. The molecular formula is C42H46N4O9. The Morgan fingerprint density at radius 2 is 1.38 bits per heavy atom. The lowest BCUT2D eigenvalue weighted by Crippen LogP contribution is -2.42. The van der Waals surface area contributed by atoms with Crippen LogP contribution in [0.5, 0.6) is 0 Å². The van der Waals surface area contributed by atoms with Crippen molar-refractivity contribution in [3.8, 4) is 0 Å². The largest absolute Gasteiger partial charge is 0.469 e. The van der Waals surface area contributed by atoms with Crippen LogP contribution in [0.25, 0.3) is 38.8 Å². The SMILES string of the molecule is COC(=O)CCC1=C(C)c2cc3[nH]c(cc4nc(cc5[nH]c(cc1n2)c(CCC(=O)OC)c5C)[C@@]1(C)C4=CC=C(C(=O)OC)[C@H]1C(=O)OC)c(C)c3C(C)O. The number of esters is 4. The molecule has 288 valence electrons. The first-order valence-corrected chi connectivity index (χ1v) is 18.0. The lowest BCUT2D eigenvalue weighted by molar-refractivity contribution is -0.149. The molecular weight excluding hydrogens is 704 g/mol. The molecule has 0 fully saturated rings. The number of ether oxygens (including phenoxy) is 4. The zero-order chi connectivity index (χ0) is 39.9. The van der Waals surface area contributed by atoms with E-state index in [1.807, 2.05) is 52.0 Å². The van der Waals surface area contributed by atoms with Crippen LogP contribution < -0.4 is 0 Å². The van der Waals surface area contributed by atoms with Gasteiger partial charge in [0.15, 0.2) is 0 Å². The van der Waals surface area contributed by atoms with E-state index in [4.69, 9.17) is 28.9 Å². The standard InChI is InChI=1S/C42H46N4O9/c1-20-24(11-14-36(48)52-6)31-18-32-25(12-15-37(49)53-7)21(2)30(44-32)19-35-42(5)27(13-10-26(40(50)54-8)39(42)41(51)55-9)33(46-35)16-29-22(3)38(23(4)47)34(45-29)17-28(20)43-31/h10,13,16-19,23,39,44-45,47H,11-12,14-15H2,1-9H3/t23?,39-,42+/m0/s1. The fourth-order valence-electron chi connectivity index (χ4n) is 8.06. The fraction of sp³-hybridized carbons (Fsp3) is 0.381. The van der Waals surface area contributed by atoms with Crippen molar-refractivity contribution in [2.24, 2.45) is 5.92 Å². The van der Waals surface area contributed by atoms with Crippen LogP contribution in [0.3, 0.4) is 0 Å². The third-order valence-corrected chi connectivity index (χ3v) is 11.1. The van der Waals surface area contributed by atoms with Crippen LogP contribution in [-0.4, -0.2) is 77.4 Å². The van der Waals surface area contributed by atoms with Crippen molar-refractivity contribution in [3.63, 3.8) is 0 Å². The molecule has 0 spiro atoms. The van der Waals surface area contributed by atoms with Gasteiger partial charge in [0.2, 0.25) is 0 Å². The van der Waals surface area contributed by atoms with Crippen molar-refractivity contribution >= 4 is 62.7 Å². The molecule has 3 atom stereocenters. The summed E-state index contributed by atoms with van der Waals surface area (Å²) in [4.78, 5) is 68.9. The van der Waals surface area contributed by atoms with Gasteiger partial charge in [-0.2, -0.15) is 0 Å². The van der Waals surface area contributed by atoms with E-state index in [1.54, 1.807) is 19.1 Å². The Kier molecular flexibility index (Phi) is 10.7. The number of nitrogens with one attached hydrogen (secondary N) is 2. The second-order valence-corrected chi connectivity index (χ2v) is 14.2. The minimum absolute atomic E-state index is 0.115. The topological polar surface area (TPSA) is 183 Å². The second kappa shape index (κ2) is 15.1. The minimum Gasteiger partial charge on any atom is -0.469 e. The van der Waals surface area contributed by atoms with E-state index >= 15 is 0 Å². The lowest BCUT2D eigenvalue weighted by atomic mass is 9.64. The number of hydrogen-bond acceptors (Lipinski definition) is 11. The molecule has 6 rings (SSSR count). The average Bonchev–Trinajstić information content (AvgIpc) is 3.82. The molecule has 0 aromatic carbocycles. The van der Waals surface area contributed by atoms with Gasteiger partial charge in [-0.25, -0.2) is 9.78 Å². The zero-order valence-electron chi connectivity index (χ0n) is 32.6. The molecule has 13 nitrogen and oxygen atoms in total. The first-order valence-electron chi connectivity index (χ1n) is 18.0. The number of methoxy groups -OCH3 is 4. The van der Waals surface area contributed by atoms with Crippen molar-refractivity contribution in [2.75, 3.05) is 28.4 Å². The van der Waals surface area contributed by atoms with Crippen molar-refractivity contribution in [2.45, 2.75) is 71.8 Å². The number of allylic oxidation sites excluding steroid dienone is 5. The Morgan fingerprint density at radius 1 is 0.764 bits per heavy atom. The number of carbonyl (C=O) groups excluding carboxylic acids is 4. The number of carbonyl (C=O) groups is 4. The first-order chi connectivity index (χ1) is 26.2. The molecule has 3 aromatic rings. The molecule has 1 aliphatic carbocycles. The number of aryl methyl sites for hydroxylation is 3. The van der Waals surface area contributed by atoms with Crippen molar-refractivity contribution in [3.05, 3.63) is 87.0 Å². The molecule has 1 unspecified atom stereocenters. The zero-order valence-corrected chi connectivity index (χ0v) is 32.6. The predicted molar refractivity (Wildman–Crippen MR) is 206 cm³/mol. The molecule has 13 heteroatoms. The monoisotopic (exact) mass is 750 g/mol. The molecule has 3 aliphatic rings. The number of nitrogens with zero attached hydrogens (tertiary/aromatic N) is 2. The summed E-state index contributed by atoms with van der Waals surface area (Å²) in [6.07, 6.45) is 3.47. The normalized spacial score (nSPS) is 18.2. The Balaban J connectivity index is 1.77. The van der Waals surface area contributed by atoms with Gasteiger partial charge in [0.05, 0.1) is 68.3 Å². The second-order valence-electron chi connectivity index (χ2n) is 14.2. The van der Waals surface area contributed by atoms with Crippen molar-refractivity contribution in [1.29, 1.82) is 0 Å². The highest BCUT2D eigenvalue weighted by Gasteiger charge is 2.53. The number of aliphatic hydroxyl groups excluding tert-OH is 1. The molecule has 0 radical (unpaired) electrons. The summed E-state index contributed by atoms with van der Waals surface area (Å²) in [5.41, 5.74) is 9.42. The van der Waals surface area contributed by atoms with Crippen LogP contribution >= 0.6 is 0 Å². The molecule has 5 heterocycles. The number of fused-ring (bicyclic) bond motifs is 11. The number of hydrogen-bond donors (Lipinski definition) is 3. The molecule has 0 saturated heterocycles. The number of H-pyrrole nitrogens is 2. The Bertz CT molecular complexity index is 2390. The van der Waals surface area contributed by atoms with E-state index in [-0.39, 0.29) is 30.4 Å². The van der Waals surface area contributed by atoms with Crippen LogP contribution in [0.2, 0.25) is 0 Å². The summed E-state index contributed by atoms with van der Waals surface area (Å²) >= 11 is 0. The maximum atomic E-state index is 13.7. The van der Waals surface area contributed by atoms with E-state index in [0.717, 1.165) is 27.8 Å². The summed E-state index contributed by atoms with van der Waals surface area (Å²) in [6, 6.07) is 7.54. The van der Waals surface area contributed by atoms with Crippen LogP contribution in [0.4, 0.5) is 0 Å². The fourth-order valence-corrected chi connectivity index (χ4v) is 8.06. The Labute approximate surface area is 318 Å². The summed E-state index contributed by atoms with van der Waals surface area (Å²) < 4.78 is 20.4. The van der Waals surface area contributed by atoms with Gasteiger partial charge in [0.1, 0.15) is 5.92 Å². The van der Waals surface area contributed by atoms with Crippen LogP contribution in [0.15, 0.2) is 42.0 Å². The quantitative estimate of drug-likeness (QED) is 0.167. The summed E-state index contributed by atoms with van der Waals surface area (Å²) in [6.45, 7) is 9.36. The van der Waals surface area contributed by atoms with Gasteiger partial charge < -0.3 is 34.0 Å². The van der Waals surface area contributed by atoms with E-state index < -0.39 is 29.4 Å². The molecule has 0 saturated carbocycles. The van der Waals surface area contributed by atoms with E-state index in [9.17, 15) is 24.3 Å². The first kappa shape index (κ1) is 38.9. The van der Waals surface area contributed by atoms with Gasteiger partial charge in [0, 0.05) is 40.5 Å². The highest BCUT2D eigenvalue weighted by atomic mass is 16.5. The van der Waals surface area contributed by atoms with E-state index in [1.165, 1.54) is 28.4 Å². The number of aliphatic hydroxyl groups is 1. The van der Waals surface area contributed by atoms with Gasteiger partial charge in [-0.05, 0) is 105 Å². The van der Waals surface area contributed by atoms with Gasteiger partial charge in [-0.1, -0.05) is 12.2 Å². The van der Waals surface area contributed by atoms with E-state index in [2.05, 4.69) is 9.97 Å². The molecule has 3 N–H and O–H groups in total. The van der Waals surface area contributed by atoms with Crippen LogP contribution in [0.1, 0.15) is 91.2 Å². The number of rotatable bonds is 9. The highest BCUT2D eigenvalue weighted by molar-refractivity contribution is 6.02. The smallest absolute Gasteiger partial charge is 0.334 e. The summed E-state index contributed by atoms with van der Waals surface area (Å²) in [7, 11) is 5.24. The highest BCUT2D eigenvalue weighted by Crippen LogP contribution is 2.52. The average molecular weight is 751 g/mol. The van der Waals surface area contributed by atoms with Gasteiger partial charge in [0.25, 0.3) is 0 Å². The Morgan fingerprint density at radius 3 is 2.02 bits per heavy atom. The third-order valence-electron chi connectivity index (χ3n) is 11.1. The molecule has 2 aliphatic heterocycles. The number of aromatic amines is 2. The minimum atomic E-state index is -1.19. The van der Waals surface area contributed by atoms with Crippen molar-refractivity contribution in [1.82, 2.24) is 19.9 Å². The van der Waals surface area contributed by atoms with Gasteiger partial charge in [-0.15, -0.1) is 0 Å². The van der Waals surface area contributed by atoms with Gasteiger partial charge >= 0.3 is 23.9 Å². The van der Waals surface area contributed by atoms with E-state index in [0.29, 0.717) is 68.8 Å². The van der Waals surface area contributed by atoms with Crippen LogP contribution in [0, 0.1) is 19.8 Å².